The Morgan fingerprint density at radius 1 is 1.58 bits per heavy atom. The number of rotatable bonds is 3. The Hall–Kier alpha value is -0.880. The molecule has 1 fully saturated rings. The Bertz CT molecular complexity index is 502. The molecule has 19 heavy (non-hydrogen) atoms. The smallest absolute Gasteiger partial charge is 0.283 e. The number of piperidine rings is 1. The molecule has 2 unspecified atom stereocenters. The lowest BCUT2D eigenvalue weighted by Gasteiger charge is -2.39. The number of halogens is 1. The normalized spacial score (nSPS) is 23.7. The van der Waals surface area contributed by atoms with Gasteiger partial charge in [-0.25, -0.2) is 4.68 Å². The second-order valence-corrected chi connectivity index (χ2v) is 5.97. The molecule has 0 bridgehead atoms. The SMILES string of the molecule is CCn1ncc(N2CCC(C)CC2CN)c(Br)c1=O. The summed E-state index contributed by atoms with van der Waals surface area (Å²) in [6, 6.07) is 0.290. The molecule has 1 saturated heterocycles. The number of nitrogens with zero attached hydrogens (tertiary/aromatic N) is 3. The van der Waals surface area contributed by atoms with E-state index in [9.17, 15) is 4.79 Å². The molecule has 0 aromatic carbocycles. The molecular weight excluding hydrogens is 308 g/mol. The number of aryl methyl sites for hydroxylation is 1. The summed E-state index contributed by atoms with van der Waals surface area (Å²) >= 11 is 3.42. The highest BCUT2D eigenvalue weighted by Crippen LogP contribution is 2.30. The first-order chi connectivity index (χ1) is 9.08. The number of hydrogen-bond donors (Lipinski definition) is 1. The monoisotopic (exact) mass is 328 g/mol. The van der Waals surface area contributed by atoms with Gasteiger partial charge in [0.15, 0.2) is 0 Å². The zero-order valence-corrected chi connectivity index (χ0v) is 13.1. The summed E-state index contributed by atoms with van der Waals surface area (Å²) in [6.45, 7) is 6.27. The number of aromatic nitrogens is 2. The van der Waals surface area contributed by atoms with Crippen molar-refractivity contribution in [1.29, 1.82) is 0 Å². The summed E-state index contributed by atoms with van der Waals surface area (Å²) in [7, 11) is 0. The van der Waals surface area contributed by atoms with Gasteiger partial charge < -0.3 is 10.6 Å². The lowest BCUT2D eigenvalue weighted by Crippen LogP contribution is -2.47. The molecule has 0 spiro atoms. The quantitative estimate of drug-likeness (QED) is 0.915. The zero-order chi connectivity index (χ0) is 14.0. The highest BCUT2D eigenvalue weighted by atomic mass is 79.9. The van der Waals surface area contributed by atoms with Crippen LogP contribution in [-0.2, 0) is 6.54 Å². The Labute approximate surface area is 121 Å². The van der Waals surface area contributed by atoms with E-state index in [0.717, 1.165) is 25.1 Å². The minimum atomic E-state index is -0.0746. The van der Waals surface area contributed by atoms with Gasteiger partial charge in [0.05, 0.1) is 11.9 Å². The zero-order valence-electron chi connectivity index (χ0n) is 11.5. The molecule has 2 atom stereocenters. The van der Waals surface area contributed by atoms with Gasteiger partial charge >= 0.3 is 0 Å². The number of anilines is 1. The molecule has 1 aliphatic rings. The Balaban J connectivity index is 2.36. The van der Waals surface area contributed by atoms with E-state index in [4.69, 9.17) is 5.73 Å². The molecule has 0 radical (unpaired) electrons. The Morgan fingerprint density at radius 2 is 2.32 bits per heavy atom. The molecule has 106 valence electrons. The molecule has 0 aliphatic carbocycles. The van der Waals surface area contributed by atoms with Gasteiger partial charge in [0.1, 0.15) is 4.47 Å². The Kier molecular flexibility index (Phi) is 4.62. The van der Waals surface area contributed by atoms with E-state index < -0.39 is 0 Å². The third-order valence-corrected chi connectivity index (χ3v) is 4.57. The van der Waals surface area contributed by atoms with E-state index in [-0.39, 0.29) is 5.56 Å². The second kappa shape index (κ2) is 6.05. The summed E-state index contributed by atoms with van der Waals surface area (Å²) < 4.78 is 2.05. The van der Waals surface area contributed by atoms with Crippen molar-refractivity contribution in [2.45, 2.75) is 39.3 Å². The van der Waals surface area contributed by atoms with Crippen LogP contribution in [-0.4, -0.2) is 28.9 Å². The molecule has 5 nitrogen and oxygen atoms in total. The van der Waals surface area contributed by atoms with Crippen molar-refractivity contribution in [3.05, 3.63) is 21.0 Å². The number of nitrogens with two attached hydrogens (primary N) is 1. The fraction of sp³-hybridized carbons (Fsp3) is 0.692. The summed E-state index contributed by atoms with van der Waals surface area (Å²) in [6.07, 6.45) is 3.97. The van der Waals surface area contributed by atoms with Gasteiger partial charge in [-0.3, -0.25) is 4.79 Å². The van der Waals surface area contributed by atoms with Crippen molar-refractivity contribution < 1.29 is 0 Å². The molecule has 6 heteroatoms. The van der Waals surface area contributed by atoms with Gasteiger partial charge in [-0.1, -0.05) is 6.92 Å². The molecule has 2 heterocycles. The predicted molar refractivity (Wildman–Crippen MR) is 80.5 cm³/mol. The van der Waals surface area contributed by atoms with Gasteiger partial charge in [0.25, 0.3) is 5.56 Å². The first-order valence-corrected chi connectivity index (χ1v) is 7.60. The lowest BCUT2D eigenvalue weighted by atomic mass is 9.92. The van der Waals surface area contributed by atoms with Gasteiger partial charge in [-0.05, 0) is 41.6 Å². The van der Waals surface area contributed by atoms with Crippen LogP contribution in [0, 0.1) is 5.92 Å². The van der Waals surface area contributed by atoms with Crippen LogP contribution in [0.3, 0.4) is 0 Å². The average Bonchev–Trinajstić information content (AvgIpc) is 2.42. The molecule has 1 aliphatic heterocycles. The van der Waals surface area contributed by atoms with Crippen molar-refractivity contribution in [3.8, 4) is 0 Å². The summed E-state index contributed by atoms with van der Waals surface area (Å²) in [5.41, 5.74) is 6.67. The van der Waals surface area contributed by atoms with Crippen molar-refractivity contribution in [2.75, 3.05) is 18.0 Å². The van der Waals surface area contributed by atoms with E-state index >= 15 is 0 Å². The third-order valence-electron chi connectivity index (χ3n) is 3.83. The van der Waals surface area contributed by atoms with E-state index in [1.54, 1.807) is 6.20 Å². The summed E-state index contributed by atoms with van der Waals surface area (Å²) in [4.78, 5) is 14.3. The van der Waals surface area contributed by atoms with E-state index in [1.165, 1.54) is 4.68 Å². The molecule has 2 rings (SSSR count). The van der Waals surface area contributed by atoms with Crippen LogP contribution >= 0.6 is 15.9 Å². The first kappa shape index (κ1) is 14.5. The van der Waals surface area contributed by atoms with Crippen LogP contribution in [0.1, 0.15) is 26.7 Å². The van der Waals surface area contributed by atoms with Gasteiger partial charge in [-0.2, -0.15) is 5.10 Å². The highest BCUT2D eigenvalue weighted by Gasteiger charge is 2.27. The van der Waals surface area contributed by atoms with E-state index in [0.29, 0.717) is 29.5 Å². The Morgan fingerprint density at radius 3 is 2.95 bits per heavy atom. The maximum Gasteiger partial charge on any atom is 0.283 e. The largest absolute Gasteiger partial charge is 0.365 e. The van der Waals surface area contributed by atoms with Crippen LogP contribution in [0.25, 0.3) is 0 Å². The maximum absolute atomic E-state index is 12.1. The average molecular weight is 329 g/mol. The van der Waals surface area contributed by atoms with Gasteiger partial charge in [0, 0.05) is 25.7 Å². The third kappa shape index (κ3) is 2.84. The van der Waals surface area contributed by atoms with Crippen molar-refractivity contribution >= 4 is 21.6 Å². The van der Waals surface area contributed by atoms with Crippen LogP contribution in [0.4, 0.5) is 5.69 Å². The molecule has 0 saturated carbocycles. The lowest BCUT2D eigenvalue weighted by molar-refractivity contribution is 0.365. The van der Waals surface area contributed by atoms with Crippen LogP contribution in [0.2, 0.25) is 0 Å². The van der Waals surface area contributed by atoms with Crippen LogP contribution < -0.4 is 16.2 Å². The standard InChI is InChI=1S/C13H21BrN4O/c1-3-18-13(19)12(14)11(8-16-18)17-5-4-9(2)6-10(17)7-15/h8-10H,3-7,15H2,1-2H3. The van der Waals surface area contributed by atoms with Crippen LogP contribution in [0.15, 0.2) is 15.5 Å². The fourth-order valence-corrected chi connectivity index (χ4v) is 3.21. The van der Waals surface area contributed by atoms with Crippen molar-refractivity contribution in [2.24, 2.45) is 11.7 Å². The van der Waals surface area contributed by atoms with E-state index in [2.05, 4.69) is 32.9 Å². The second-order valence-electron chi connectivity index (χ2n) is 5.18. The summed E-state index contributed by atoms with van der Waals surface area (Å²) in [5.74, 6) is 0.688. The fourth-order valence-electron chi connectivity index (χ4n) is 2.67. The predicted octanol–water partition coefficient (Wildman–Crippen LogP) is 1.59. The van der Waals surface area contributed by atoms with E-state index in [1.807, 2.05) is 6.92 Å². The van der Waals surface area contributed by atoms with Crippen LogP contribution in [0.5, 0.6) is 0 Å². The van der Waals surface area contributed by atoms with Crippen molar-refractivity contribution in [1.82, 2.24) is 9.78 Å². The topological polar surface area (TPSA) is 64.2 Å². The number of hydrogen-bond acceptors (Lipinski definition) is 4. The molecule has 1 aromatic rings. The molecular formula is C13H21BrN4O. The molecule has 1 aromatic heterocycles. The molecule has 0 amide bonds. The minimum absolute atomic E-state index is 0.0746. The van der Waals surface area contributed by atoms with Gasteiger partial charge in [0.2, 0.25) is 0 Å². The first-order valence-electron chi connectivity index (χ1n) is 6.80. The van der Waals surface area contributed by atoms with Gasteiger partial charge in [-0.15, -0.1) is 0 Å². The summed E-state index contributed by atoms with van der Waals surface area (Å²) in [5, 5.41) is 4.21. The minimum Gasteiger partial charge on any atom is -0.365 e. The highest BCUT2D eigenvalue weighted by molar-refractivity contribution is 9.10. The van der Waals surface area contributed by atoms with Crippen molar-refractivity contribution in [3.63, 3.8) is 0 Å². The maximum atomic E-state index is 12.1. The molecule has 2 N–H and O–H groups in total.